The molecular formula is C27H40N6O5. The predicted octanol–water partition coefficient (Wildman–Crippen LogP) is -0.552. The van der Waals surface area contributed by atoms with E-state index in [9.17, 15) is 24.0 Å². The summed E-state index contributed by atoms with van der Waals surface area (Å²) in [6.45, 7) is 4.96. The number of benzene rings is 1. The minimum Gasteiger partial charge on any atom is -0.356 e. The third-order valence-corrected chi connectivity index (χ3v) is 7.28. The van der Waals surface area contributed by atoms with Gasteiger partial charge in [-0.05, 0) is 43.6 Å². The molecule has 0 aliphatic carbocycles. The number of likely N-dealkylation sites (tertiary alicyclic amines) is 1. The van der Waals surface area contributed by atoms with E-state index in [-0.39, 0.29) is 36.2 Å². The predicted molar refractivity (Wildman–Crippen MR) is 141 cm³/mol. The molecule has 2 saturated heterocycles. The fraction of sp³-hybridized carbons (Fsp3) is 0.593. The number of hydrogen-bond donors (Lipinski definition) is 5. The van der Waals surface area contributed by atoms with Crippen LogP contribution in [0.1, 0.15) is 45.1 Å². The molecule has 2 unspecified atom stereocenters. The lowest BCUT2D eigenvalue weighted by Crippen LogP contribution is -2.53. The van der Waals surface area contributed by atoms with E-state index in [0.717, 1.165) is 12.0 Å². The van der Waals surface area contributed by atoms with Gasteiger partial charge in [-0.3, -0.25) is 24.0 Å². The molecule has 11 nitrogen and oxygen atoms in total. The quantitative estimate of drug-likeness (QED) is 0.259. The van der Waals surface area contributed by atoms with Crippen LogP contribution in [0.25, 0.3) is 0 Å². The molecule has 2 aliphatic rings. The van der Waals surface area contributed by atoms with Crippen molar-refractivity contribution in [3.8, 4) is 0 Å². The maximum Gasteiger partial charge on any atom is 0.243 e. The summed E-state index contributed by atoms with van der Waals surface area (Å²) in [7, 11) is 0. The van der Waals surface area contributed by atoms with Gasteiger partial charge in [-0.1, -0.05) is 44.2 Å². The molecular weight excluding hydrogens is 488 g/mol. The average molecular weight is 529 g/mol. The molecule has 1 aromatic carbocycles. The molecule has 2 fully saturated rings. The lowest BCUT2D eigenvalue weighted by atomic mass is 9.77. The van der Waals surface area contributed by atoms with E-state index >= 15 is 0 Å². The molecule has 11 heteroatoms. The van der Waals surface area contributed by atoms with Crippen molar-refractivity contribution < 1.29 is 24.0 Å². The van der Waals surface area contributed by atoms with Gasteiger partial charge in [0.2, 0.25) is 29.5 Å². The van der Waals surface area contributed by atoms with Crippen molar-refractivity contribution in [3.63, 3.8) is 0 Å². The van der Waals surface area contributed by atoms with Gasteiger partial charge in [0.1, 0.15) is 6.04 Å². The highest BCUT2D eigenvalue weighted by atomic mass is 16.2. The maximum atomic E-state index is 12.8. The summed E-state index contributed by atoms with van der Waals surface area (Å²) in [6, 6.07) is 7.68. The minimum atomic E-state index is -0.850. The zero-order chi connectivity index (χ0) is 27.7. The third kappa shape index (κ3) is 8.01. The first-order valence-electron chi connectivity index (χ1n) is 13.3. The Morgan fingerprint density at radius 3 is 2.26 bits per heavy atom. The molecule has 2 aliphatic heterocycles. The first-order chi connectivity index (χ1) is 18.1. The molecule has 2 atom stereocenters. The molecule has 0 bridgehead atoms. The standard InChI is InChI=1S/C27H40N6O5/c1-18(2)14-21(32-22(34)16-30-24(36)20(28)15-19-6-4-3-5-7-19)25(37)31-17-23(35)33-12-9-27(10-13-33)8-11-29-26(27)38/h3-7,18,20-21H,8-17,28H2,1-2H3,(H,29,38)(H,30,36)(H,31,37)(H,32,34). The van der Waals surface area contributed by atoms with Crippen LogP contribution in [-0.2, 0) is 30.4 Å². The second-order valence-electron chi connectivity index (χ2n) is 10.6. The van der Waals surface area contributed by atoms with Crippen molar-refractivity contribution in [2.75, 3.05) is 32.7 Å². The molecule has 208 valence electrons. The number of carbonyl (C=O) groups is 5. The van der Waals surface area contributed by atoms with Gasteiger partial charge in [-0.2, -0.15) is 0 Å². The smallest absolute Gasteiger partial charge is 0.243 e. The second-order valence-corrected chi connectivity index (χ2v) is 10.6. The number of nitrogens with one attached hydrogen (secondary N) is 4. The van der Waals surface area contributed by atoms with Crippen LogP contribution >= 0.6 is 0 Å². The van der Waals surface area contributed by atoms with Crippen molar-refractivity contribution in [2.45, 2.75) is 58.0 Å². The molecule has 6 N–H and O–H groups in total. The van der Waals surface area contributed by atoms with Crippen molar-refractivity contribution in [1.29, 1.82) is 0 Å². The van der Waals surface area contributed by atoms with Crippen molar-refractivity contribution in [3.05, 3.63) is 35.9 Å². The number of piperidine rings is 1. The van der Waals surface area contributed by atoms with Crippen LogP contribution in [-0.4, -0.2) is 79.2 Å². The van der Waals surface area contributed by atoms with E-state index in [4.69, 9.17) is 5.73 Å². The molecule has 5 amide bonds. The number of carbonyl (C=O) groups excluding carboxylic acids is 5. The molecule has 1 spiro atoms. The third-order valence-electron chi connectivity index (χ3n) is 7.28. The Bertz CT molecular complexity index is 1010. The normalized spacial score (nSPS) is 18.0. The van der Waals surface area contributed by atoms with E-state index in [1.165, 1.54) is 0 Å². The fourth-order valence-electron chi connectivity index (χ4n) is 4.98. The van der Waals surface area contributed by atoms with Gasteiger partial charge in [0.15, 0.2) is 0 Å². The second kappa shape index (κ2) is 13.4. The zero-order valence-corrected chi connectivity index (χ0v) is 22.3. The summed E-state index contributed by atoms with van der Waals surface area (Å²) < 4.78 is 0. The van der Waals surface area contributed by atoms with Crippen molar-refractivity contribution in [2.24, 2.45) is 17.1 Å². The number of amides is 5. The van der Waals surface area contributed by atoms with E-state index in [2.05, 4.69) is 21.3 Å². The number of hydrogen-bond acceptors (Lipinski definition) is 6. The highest BCUT2D eigenvalue weighted by Crippen LogP contribution is 2.37. The van der Waals surface area contributed by atoms with Gasteiger partial charge < -0.3 is 31.9 Å². The van der Waals surface area contributed by atoms with Crippen LogP contribution in [0.2, 0.25) is 0 Å². The summed E-state index contributed by atoms with van der Waals surface area (Å²) in [5, 5.41) is 10.7. The lowest BCUT2D eigenvalue weighted by molar-refractivity contribution is -0.139. The average Bonchev–Trinajstić information content (AvgIpc) is 3.24. The maximum absolute atomic E-state index is 12.8. The SMILES string of the molecule is CC(C)CC(NC(=O)CNC(=O)C(N)Cc1ccccc1)C(=O)NCC(=O)N1CCC2(CCNC2=O)CC1. The molecule has 3 rings (SSSR count). The number of nitrogens with zero attached hydrogens (tertiary/aromatic N) is 1. The Morgan fingerprint density at radius 1 is 1.00 bits per heavy atom. The first kappa shape index (κ1) is 29.1. The zero-order valence-electron chi connectivity index (χ0n) is 22.3. The van der Waals surface area contributed by atoms with Gasteiger partial charge in [0.05, 0.1) is 24.5 Å². The lowest BCUT2D eigenvalue weighted by Gasteiger charge is -2.37. The molecule has 38 heavy (non-hydrogen) atoms. The summed E-state index contributed by atoms with van der Waals surface area (Å²) in [4.78, 5) is 64.2. The Kier molecular flexibility index (Phi) is 10.2. The Morgan fingerprint density at radius 2 is 1.66 bits per heavy atom. The number of rotatable bonds is 11. The molecule has 0 radical (unpaired) electrons. The Hall–Kier alpha value is -3.47. The highest BCUT2D eigenvalue weighted by molar-refractivity contribution is 5.92. The largest absolute Gasteiger partial charge is 0.356 e. The van der Waals surface area contributed by atoms with Crippen LogP contribution in [0, 0.1) is 11.3 Å². The number of nitrogens with two attached hydrogens (primary N) is 1. The van der Waals surface area contributed by atoms with Gasteiger partial charge in [-0.15, -0.1) is 0 Å². The molecule has 0 saturated carbocycles. The molecule has 2 heterocycles. The minimum absolute atomic E-state index is 0.0690. The Balaban J connectivity index is 1.43. The summed E-state index contributed by atoms with van der Waals surface area (Å²) >= 11 is 0. The summed E-state index contributed by atoms with van der Waals surface area (Å²) in [6.07, 6.45) is 2.73. The van der Waals surface area contributed by atoms with E-state index in [0.29, 0.717) is 45.3 Å². The van der Waals surface area contributed by atoms with E-state index < -0.39 is 29.8 Å². The van der Waals surface area contributed by atoms with Gasteiger partial charge >= 0.3 is 0 Å². The first-order valence-corrected chi connectivity index (χ1v) is 13.3. The van der Waals surface area contributed by atoms with Crippen molar-refractivity contribution >= 4 is 29.5 Å². The Labute approximate surface area is 223 Å². The van der Waals surface area contributed by atoms with Gasteiger partial charge in [-0.25, -0.2) is 0 Å². The van der Waals surface area contributed by atoms with Crippen molar-refractivity contribution in [1.82, 2.24) is 26.2 Å². The molecule has 1 aromatic rings. The van der Waals surface area contributed by atoms with Crippen LogP contribution in [0.15, 0.2) is 30.3 Å². The highest BCUT2D eigenvalue weighted by Gasteiger charge is 2.45. The van der Waals surface area contributed by atoms with E-state index in [1.54, 1.807) is 4.90 Å². The van der Waals surface area contributed by atoms with Gasteiger partial charge in [0.25, 0.3) is 0 Å². The van der Waals surface area contributed by atoms with Crippen LogP contribution in [0.4, 0.5) is 0 Å². The topological polar surface area (TPSA) is 163 Å². The van der Waals surface area contributed by atoms with Gasteiger partial charge in [0, 0.05) is 19.6 Å². The molecule has 0 aromatic heterocycles. The summed E-state index contributed by atoms with van der Waals surface area (Å²) in [5.41, 5.74) is 6.50. The van der Waals surface area contributed by atoms with Crippen LogP contribution < -0.4 is 27.0 Å². The monoisotopic (exact) mass is 528 g/mol. The van der Waals surface area contributed by atoms with E-state index in [1.807, 2.05) is 44.2 Å². The van der Waals surface area contributed by atoms with Crippen LogP contribution in [0.3, 0.4) is 0 Å². The fourth-order valence-corrected chi connectivity index (χ4v) is 4.98. The van der Waals surface area contributed by atoms with Crippen LogP contribution in [0.5, 0.6) is 0 Å². The summed E-state index contributed by atoms with van der Waals surface area (Å²) in [5.74, 6) is -1.49.